The van der Waals surface area contributed by atoms with Crippen LogP contribution in [0.3, 0.4) is 0 Å². The minimum atomic E-state index is -1.04. The van der Waals surface area contributed by atoms with E-state index in [2.05, 4.69) is 4.98 Å². The van der Waals surface area contributed by atoms with E-state index >= 15 is 0 Å². The maximum Gasteiger partial charge on any atom is 0.337 e. The molecular formula is C18H25N3O4. The van der Waals surface area contributed by atoms with Crippen molar-refractivity contribution in [2.75, 3.05) is 6.61 Å². The number of carbonyl (C=O) groups is 1. The van der Waals surface area contributed by atoms with Crippen molar-refractivity contribution in [2.24, 2.45) is 0 Å². The van der Waals surface area contributed by atoms with Gasteiger partial charge in [0.2, 0.25) is 0 Å². The van der Waals surface area contributed by atoms with Crippen LogP contribution in [0.1, 0.15) is 62.4 Å². The van der Waals surface area contributed by atoms with Gasteiger partial charge in [-0.1, -0.05) is 13.8 Å². The molecule has 1 aliphatic rings. The highest BCUT2D eigenvalue weighted by atomic mass is 16.5. The number of imidazole rings is 1. The Morgan fingerprint density at radius 1 is 1.40 bits per heavy atom. The van der Waals surface area contributed by atoms with Crippen molar-refractivity contribution in [3.8, 4) is 0 Å². The maximum atomic E-state index is 13.1. The smallest absolute Gasteiger partial charge is 0.337 e. The summed E-state index contributed by atoms with van der Waals surface area (Å²) in [7, 11) is 0. The highest BCUT2D eigenvalue weighted by molar-refractivity contribution is 5.91. The van der Waals surface area contributed by atoms with Crippen LogP contribution >= 0.6 is 0 Å². The topological polar surface area (TPSA) is 86.3 Å². The summed E-state index contributed by atoms with van der Waals surface area (Å²) in [5, 5.41) is 9.28. The van der Waals surface area contributed by atoms with Gasteiger partial charge in [0.25, 0.3) is 0 Å². The minimum Gasteiger partial charge on any atom is -0.478 e. The van der Waals surface area contributed by atoms with Crippen molar-refractivity contribution >= 4 is 17.1 Å². The first-order chi connectivity index (χ1) is 12.1. The first-order valence-corrected chi connectivity index (χ1v) is 9.02. The molecule has 3 heterocycles. The Hall–Kier alpha value is -2.15. The molecular weight excluding hydrogens is 322 g/mol. The second-order valence-electron chi connectivity index (χ2n) is 6.59. The van der Waals surface area contributed by atoms with E-state index in [9.17, 15) is 14.7 Å². The van der Waals surface area contributed by atoms with Crippen LogP contribution in [0, 0.1) is 0 Å². The van der Waals surface area contributed by atoms with Crippen molar-refractivity contribution in [1.29, 1.82) is 0 Å². The number of aromatic carboxylic acids is 1. The third kappa shape index (κ3) is 3.33. The van der Waals surface area contributed by atoms with Crippen LogP contribution in [0.2, 0.25) is 0 Å². The second-order valence-corrected chi connectivity index (χ2v) is 6.59. The van der Waals surface area contributed by atoms with Gasteiger partial charge in [-0.15, -0.1) is 0 Å². The number of aromatic nitrogens is 3. The number of nitrogens with zero attached hydrogens (tertiary/aromatic N) is 3. The van der Waals surface area contributed by atoms with Crippen LogP contribution in [-0.2, 0) is 11.3 Å². The zero-order valence-electron chi connectivity index (χ0n) is 14.8. The summed E-state index contributed by atoms with van der Waals surface area (Å²) < 4.78 is 9.13. The van der Waals surface area contributed by atoms with Crippen LogP contribution in [-0.4, -0.2) is 37.9 Å². The first kappa shape index (κ1) is 17.7. The molecule has 0 aromatic carbocycles. The van der Waals surface area contributed by atoms with Crippen molar-refractivity contribution in [2.45, 2.75) is 64.6 Å². The fourth-order valence-electron chi connectivity index (χ4n) is 3.59. The van der Waals surface area contributed by atoms with Crippen molar-refractivity contribution in [3.05, 3.63) is 28.3 Å². The number of ether oxygens (including phenoxy) is 1. The van der Waals surface area contributed by atoms with Gasteiger partial charge in [0.1, 0.15) is 0 Å². The Balaban J connectivity index is 2.14. The maximum absolute atomic E-state index is 13.1. The van der Waals surface area contributed by atoms with Crippen LogP contribution < -0.4 is 5.69 Å². The van der Waals surface area contributed by atoms with Gasteiger partial charge in [-0.2, -0.15) is 0 Å². The molecule has 0 unspecified atom stereocenters. The average Bonchev–Trinajstić information content (AvgIpc) is 2.89. The fourth-order valence-corrected chi connectivity index (χ4v) is 3.59. The van der Waals surface area contributed by atoms with E-state index in [-0.39, 0.29) is 23.4 Å². The SMILES string of the molecule is CCC(CC)n1c(=O)n(C[C@@H]2CCCCO2)c2cc(C(=O)O)cnc21. The first-order valence-electron chi connectivity index (χ1n) is 9.02. The van der Waals surface area contributed by atoms with Gasteiger partial charge in [-0.25, -0.2) is 14.6 Å². The Kier molecular flexibility index (Phi) is 5.22. The zero-order chi connectivity index (χ0) is 18.0. The molecule has 7 heteroatoms. The largest absolute Gasteiger partial charge is 0.478 e. The van der Waals surface area contributed by atoms with E-state index in [4.69, 9.17) is 4.74 Å². The van der Waals surface area contributed by atoms with Crippen LogP contribution in [0.4, 0.5) is 0 Å². The lowest BCUT2D eigenvalue weighted by Gasteiger charge is -2.22. The van der Waals surface area contributed by atoms with E-state index in [1.807, 2.05) is 13.8 Å². The fraction of sp³-hybridized carbons (Fsp3) is 0.611. The Labute approximate surface area is 146 Å². The summed E-state index contributed by atoms with van der Waals surface area (Å²) >= 11 is 0. The summed E-state index contributed by atoms with van der Waals surface area (Å²) in [4.78, 5) is 28.7. The van der Waals surface area contributed by atoms with Gasteiger partial charge < -0.3 is 9.84 Å². The quantitative estimate of drug-likeness (QED) is 0.868. The molecule has 136 valence electrons. The molecule has 2 aromatic rings. The van der Waals surface area contributed by atoms with Gasteiger partial charge in [0.15, 0.2) is 5.65 Å². The lowest BCUT2D eigenvalue weighted by molar-refractivity contribution is 0.00597. The molecule has 0 bridgehead atoms. The lowest BCUT2D eigenvalue weighted by atomic mass is 10.1. The molecule has 0 spiro atoms. The second kappa shape index (κ2) is 7.39. The normalized spacial score (nSPS) is 18.1. The molecule has 2 aromatic heterocycles. The molecule has 1 atom stereocenters. The summed E-state index contributed by atoms with van der Waals surface area (Å²) in [5.74, 6) is -1.04. The minimum absolute atomic E-state index is 0.0133. The predicted octanol–water partition coefficient (Wildman–Crippen LogP) is 2.83. The number of hydrogen-bond acceptors (Lipinski definition) is 4. The van der Waals surface area contributed by atoms with Crippen molar-refractivity contribution < 1.29 is 14.6 Å². The molecule has 0 aliphatic carbocycles. The zero-order valence-corrected chi connectivity index (χ0v) is 14.8. The van der Waals surface area contributed by atoms with Crippen molar-refractivity contribution in [3.63, 3.8) is 0 Å². The third-order valence-corrected chi connectivity index (χ3v) is 5.02. The van der Waals surface area contributed by atoms with Crippen molar-refractivity contribution in [1.82, 2.24) is 14.1 Å². The molecule has 7 nitrogen and oxygen atoms in total. The number of carboxylic acids is 1. The third-order valence-electron chi connectivity index (χ3n) is 5.02. The highest BCUT2D eigenvalue weighted by Crippen LogP contribution is 2.23. The molecule has 1 aliphatic heterocycles. The summed E-state index contributed by atoms with van der Waals surface area (Å²) in [6.07, 6.45) is 5.99. The van der Waals surface area contributed by atoms with E-state index < -0.39 is 5.97 Å². The Morgan fingerprint density at radius 3 is 2.76 bits per heavy atom. The molecule has 25 heavy (non-hydrogen) atoms. The molecule has 0 amide bonds. The summed E-state index contributed by atoms with van der Waals surface area (Å²) in [6.45, 7) is 5.23. The van der Waals surface area contributed by atoms with Crippen LogP contribution in [0.15, 0.2) is 17.1 Å². The van der Waals surface area contributed by atoms with Gasteiger partial charge in [-0.3, -0.25) is 9.13 Å². The number of rotatable bonds is 6. The monoisotopic (exact) mass is 347 g/mol. The van der Waals surface area contributed by atoms with E-state index in [0.29, 0.717) is 24.3 Å². The summed E-state index contributed by atoms with van der Waals surface area (Å²) in [6, 6.07) is 1.60. The average molecular weight is 347 g/mol. The molecule has 3 rings (SSSR count). The number of carboxylic acid groups (broad SMARTS) is 1. The van der Waals surface area contributed by atoms with Crippen LogP contribution in [0.25, 0.3) is 11.2 Å². The summed E-state index contributed by atoms with van der Waals surface area (Å²) in [5.41, 5.74) is 1.09. The molecule has 1 saturated heterocycles. The molecule has 0 radical (unpaired) electrons. The lowest BCUT2D eigenvalue weighted by Crippen LogP contribution is -2.32. The van der Waals surface area contributed by atoms with Gasteiger partial charge in [-0.05, 0) is 38.2 Å². The van der Waals surface area contributed by atoms with Gasteiger partial charge in [0.05, 0.1) is 23.7 Å². The number of fused-ring (bicyclic) bond motifs is 1. The predicted molar refractivity (Wildman–Crippen MR) is 94.2 cm³/mol. The molecule has 1 N–H and O–H groups in total. The van der Waals surface area contributed by atoms with E-state index in [1.165, 1.54) is 6.20 Å². The van der Waals surface area contributed by atoms with Crippen LogP contribution in [0.5, 0.6) is 0 Å². The number of hydrogen-bond donors (Lipinski definition) is 1. The molecule has 0 saturated carbocycles. The number of pyridine rings is 1. The van der Waals surface area contributed by atoms with E-state index in [1.54, 1.807) is 15.2 Å². The Morgan fingerprint density at radius 2 is 2.16 bits per heavy atom. The standard InChI is InChI=1S/C18H25N3O4/c1-3-13(4-2)21-16-15(9-12(10-19-16)17(22)23)20(18(21)24)11-14-7-5-6-8-25-14/h9-10,13-14H,3-8,11H2,1-2H3,(H,22,23)/t14-/m0/s1. The Bertz CT molecular complexity index is 814. The van der Waals surface area contributed by atoms with Gasteiger partial charge >= 0.3 is 11.7 Å². The highest BCUT2D eigenvalue weighted by Gasteiger charge is 2.23. The molecule has 1 fully saturated rings. The van der Waals surface area contributed by atoms with E-state index in [0.717, 1.165) is 32.1 Å². The van der Waals surface area contributed by atoms with Gasteiger partial charge in [0, 0.05) is 18.8 Å².